The molecule has 0 fully saturated rings. The maximum Gasteiger partial charge on any atom is 0.188 e. The molecule has 6 nitrogen and oxygen atoms in total. The van der Waals surface area contributed by atoms with Crippen LogP contribution in [0.25, 0.3) is 0 Å². The van der Waals surface area contributed by atoms with E-state index in [2.05, 4.69) is 34.4 Å². The number of hydrogen-bond acceptors (Lipinski definition) is 3. The summed E-state index contributed by atoms with van der Waals surface area (Å²) in [5.74, 6) is 1.50. The molecule has 0 aliphatic carbocycles. The molecule has 0 unspecified atom stereocenters. The van der Waals surface area contributed by atoms with Gasteiger partial charge in [0.15, 0.2) is 5.96 Å². The topological polar surface area (TPSA) is 81.1 Å². The molecule has 16 heavy (non-hydrogen) atoms. The molecule has 6 heteroatoms. The van der Waals surface area contributed by atoms with Crippen LogP contribution in [-0.4, -0.2) is 33.8 Å². The van der Waals surface area contributed by atoms with Crippen LogP contribution in [0.15, 0.2) is 11.3 Å². The SMILES string of the molecule is CCCN=C(N)NCCn1cnnc1CC. The lowest BCUT2D eigenvalue weighted by Gasteiger charge is -2.07. The van der Waals surface area contributed by atoms with Gasteiger partial charge < -0.3 is 15.6 Å². The molecule has 0 aliphatic heterocycles. The molecule has 0 amide bonds. The smallest absolute Gasteiger partial charge is 0.188 e. The molecule has 0 spiro atoms. The highest BCUT2D eigenvalue weighted by atomic mass is 15.3. The maximum absolute atomic E-state index is 5.67. The zero-order valence-electron chi connectivity index (χ0n) is 9.98. The Bertz CT molecular complexity index is 330. The predicted octanol–water partition coefficient (Wildman–Crippen LogP) is 0.155. The van der Waals surface area contributed by atoms with Crippen molar-refractivity contribution in [3.63, 3.8) is 0 Å². The molecule has 0 atom stereocenters. The van der Waals surface area contributed by atoms with Gasteiger partial charge in [-0.3, -0.25) is 4.99 Å². The molecule has 3 N–H and O–H groups in total. The van der Waals surface area contributed by atoms with Gasteiger partial charge in [-0.15, -0.1) is 10.2 Å². The minimum Gasteiger partial charge on any atom is -0.370 e. The highest BCUT2D eigenvalue weighted by molar-refractivity contribution is 5.77. The van der Waals surface area contributed by atoms with Gasteiger partial charge in [0.05, 0.1) is 0 Å². The summed E-state index contributed by atoms with van der Waals surface area (Å²) in [5.41, 5.74) is 5.67. The fourth-order valence-electron chi connectivity index (χ4n) is 1.33. The van der Waals surface area contributed by atoms with Gasteiger partial charge in [-0.2, -0.15) is 0 Å². The van der Waals surface area contributed by atoms with E-state index in [1.165, 1.54) is 0 Å². The summed E-state index contributed by atoms with van der Waals surface area (Å²) in [6.07, 6.45) is 3.63. The van der Waals surface area contributed by atoms with E-state index in [1.54, 1.807) is 6.33 Å². The number of aryl methyl sites for hydroxylation is 1. The van der Waals surface area contributed by atoms with Gasteiger partial charge in [0.1, 0.15) is 12.2 Å². The largest absolute Gasteiger partial charge is 0.370 e. The number of nitrogens with one attached hydrogen (secondary N) is 1. The first-order chi connectivity index (χ1) is 7.77. The standard InChI is InChI=1S/C10H20N6/c1-3-5-12-10(11)13-6-7-16-8-14-15-9(16)4-2/h8H,3-7H2,1-2H3,(H3,11,12,13). The Hall–Kier alpha value is -1.59. The minimum absolute atomic E-state index is 0.507. The third-order valence-electron chi connectivity index (χ3n) is 2.18. The van der Waals surface area contributed by atoms with Crippen LogP contribution in [0, 0.1) is 0 Å². The van der Waals surface area contributed by atoms with Crippen LogP contribution in [0.5, 0.6) is 0 Å². The van der Waals surface area contributed by atoms with Crippen molar-refractivity contribution < 1.29 is 0 Å². The van der Waals surface area contributed by atoms with Gasteiger partial charge >= 0.3 is 0 Å². The molecule has 90 valence electrons. The Balaban J connectivity index is 2.30. The fraction of sp³-hybridized carbons (Fsp3) is 0.700. The molecule has 0 saturated heterocycles. The molecule has 0 aliphatic rings. The number of aliphatic imine (C=N–C) groups is 1. The van der Waals surface area contributed by atoms with Gasteiger partial charge in [-0.05, 0) is 6.42 Å². The molecular formula is C10H20N6. The van der Waals surface area contributed by atoms with E-state index >= 15 is 0 Å². The quantitative estimate of drug-likeness (QED) is 0.532. The normalized spacial score (nSPS) is 11.8. The molecule has 1 aromatic heterocycles. The van der Waals surface area contributed by atoms with Gasteiger partial charge in [0, 0.05) is 26.1 Å². The zero-order valence-corrected chi connectivity index (χ0v) is 9.98. The fourth-order valence-corrected chi connectivity index (χ4v) is 1.33. The Morgan fingerprint density at radius 2 is 2.38 bits per heavy atom. The predicted molar refractivity (Wildman–Crippen MR) is 64.2 cm³/mol. The van der Waals surface area contributed by atoms with E-state index in [1.807, 2.05) is 4.57 Å². The van der Waals surface area contributed by atoms with E-state index in [9.17, 15) is 0 Å². The summed E-state index contributed by atoms with van der Waals surface area (Å²) in [5, 5.41) is 10.9. The summed E-state index contributed by atoms with van der Waals surface area (Å²) in [4.78, 5) is 4.15. The third-order valence-corrected chi connectivity index (χ3v) is 2.18. The van der Waals surface area contributed by atoms with Crippen molar-refractivity contribution in [1.29, 1.82) is 0 Å². The van der Waals surface area contributed by atoms with Crippen molar-refractivity contribution >= 4 is 5.96 Å². The van der Waals surface area contributed by atoms with Gasteiger partial charge in [-0.25, -0.2) is 0 Å². The first-order valence-corrected chi connectivity index (χ1v) is 5.68. The van der Waals surface area contributed by atoms with E-state index in [0.29, 0.717) is 5.96 Å². The van der Waals surface area contributed by atoms with Crippen LogP contribution in [0.2, 0.25) is 0 Å². The Kier molecular flexibility index (Phi) is 5.31. The van der Waals surface area contributed by atoms with Crippen molar-refractivity contribution in [2.75, 3.05) is 13.1 Å². The summed E-state index contributed by atoms with van der Waals surface area (Å²) in [6, 6.07) is 0. The summed E-state index contributed by atoms with van der Waals surface area (Å²) < 4.78 is 2.01. The van der Waals surface area contributed by atoms with E-state index in [-0.39, 0.29) is 0 Å². The number of nitrogens with two attached hydrogens (primary N) is 1. The zero-order chi connectivity index (χ0) is 11.8. The second-order valence-corrected chi connectivity index (χ2v) is 3.49. The molecule has 0 saturated carbocycles. The average molecular weight is 224 g/mol. The van der Waals surface area contributed by atoms with Gasteiger partial charge in [-0.1, -0.05) is 13.8 Å². The number of guanidine groups is 1. The number of aromatic nitrogens is 3. The molecule has 0 bridgehead atoms. The molecule has 1 heterocycles. The number of nitrogens with zero attached hydrogens (tertiary/aromatic N) is 4. The summed E-state index contributed by atoms with van der Waals surface area (Å²) in [7, 11) is 0. The van der Waals surface area contributed by atoms with Crippen LogP contribution >= 0.6 is 0 Å². The minimum atomic E-state index is 0.507. The van der Waals surface area contributed by atoms with E-state index < -0.39 is 0 Å². The monoisotopic (exact) mass is 224 g/mol. The van der Waals surface area contributed by atoms with Crippen LogP contribution in [0.4, 0.5) is 0 Å². The molecule has 1 rings (SSSR count). The first-order valence-electron chi connectivity index (χ1n) is 5.68. The average Bonchev–Trinajstić information content (AvgIpc) is 2.74. The molecular weight excluding hydrogens is 204 g/mol. The summed E-state index contributed by atoms with van der Waals surface area (Å²) in [6.45, 7) is 6.45. The molecule has 0 radical (unpaired) electrons. The Morgan fingerprint density at radius 1 is 1.56 bits per heavy atom. The van der Waals surface area contributed by atoms with Gasteiger partial charge in [0.2, 0.25) is 0 Å². The van der Waals surface area contributed by atoms with E-state index in [0.717, 1.165) is 38.3 Å². The van der Waals surface area contributed by atoms with Crippen LogP contribution in [0.1, 0.15) is 26.1 Å². The Morgan fingerprint density at radius 3 is 3.06 bits per heavy atom. The van der Waals surface area contributed by atoms with Crippen LogP contribution in [0.3, 0.4) is 0 Å². The Labute approximate surface area is 96.0 Å². The van der Waals surface area contributed by atoms with Crippen LogP contribution < -0.4 is 11.1 Å². The molecule has 1 aromatic rings. The lowest BCUT2D eigenvalue weighted by atomic mass is 10.4. The highest BCUT2D eigenvalue weighted by Crippen LogP contribution is 1.94. The van der Waals surface area contributed by atoms with Crippen molar-refractivity contribution in [3.05, 3.63) is 12.2 Å². The van der Waals surface area contributed by atoms with Crippen molar-refractivity contribution in [2.24, 2.45) is 10.7 Å². The second kappa shape index (κ2) is 6.81. The van der Waals surface area contributed by atoms with Crippen molar-refractivity contribution in [3.8, 4) is 0 Å². The second-order valence-electron chi connectivity index (χ2n) is 3.49. The first kappa shape index (κ1) is 12.5. The van der Waals surface area contributed by atoms with Gasteiger partial charge in [0.25, 0.3) is 0 Å². The van der Waals surface area contributed by atoms with Crippen LogP contribution in [-0.2, 0) is 13.0 Å². The lowest BCUT2D eigenvalue weighted by Crippen LogP contribution is -2.34. The summed E-state index contributed by atoms with van der Waals surface area (Å²) >= 11 is 0. The maximum atomic E-state index is 5.67. The van der Waals surface area contributed by atoms with Crippen molar-refractivity contribution in [2.45, 2.75) is 33.2 Å². The lowest BCUT2D eigenvalue weighted by molar-refractivity contribution is 0.638. The number of hydrogen-bond donors (Lipinski definition) is 2. The highest BCUT2D eigenvalue weighted by Gasteiger charge is 2.00. The third kappa shape index (κ3) is 3.88. The number of rotatable bonds is 6. The van der Waals surface area contributed by atoms with E-state index in [4.69, 9.17) is 5.73 Å². The van der Waals surface area contributed by atoms with Crippen molar-refractivity contribution in [1.82, 2.24) is 20.1 Å². The molecule has 0 aromatic carbocycles.